The van der Waals surface area contributed by atoms with Crippen molar-refractivity contribution in [2.24, 2.45) is 0 Å². The van der Waals surface area contributed by atoms with Gasteiger partial charge in [-0.3, -0.25) is 4.79 Å². The van der Waals surface area contributed by atoms with Gasteiger partial charge in [-0.2, -0.15) is 0 Å². The summed E-state index contributed by atoms with van der Waals surface area (Å²) in [6.07, 6.45) is 8.49. The number of carbonyl (C=O) groups is 1. The van der Waals surface area contributed by atoms with Gasteiger partial charge in [0.1, 0.15) is 0 Å². The van der Waals surface area contributed by atoms with Gasteiger partial charge in [0, 0.05) is 12.6 Å². The summed E-state index contributed by atoms with van der Waals surface area (Å²) in [7, 11) is 0. The molecule has 1 amide bonds. The molecule has 0 aromatic carbocycles. The molecule has 0 aromatic rings. The smallest absolute Gasteiger partial charge is 0.234 e. The Morgan fingerprint density at radius 2 is 2.31 bits per heavy atom. The number of amides is 1. The van der Waals surface area contributed by atoms with Gasteiger partial charge >= 0.3 is 0 Å². The lowest BCUT2D eigenvalue weighted by Crippen LogP contribution is -2.45. The van der Waals surface area contributed by atoms with Crippen molar-refractivity contribution in [2.75, 3.05) is 13.2 Å². The van der Waals surface area contributed by atoms with Gasteiger partial charge in [0.05, 0.1) is 13.0 Å². The largest absolute Gasteiger partial charge is 0.395 e. The third-order valence-electron chi connectivity index (χ3n) is 2.43. The summed E-state index contributed by atoms with van der Waals surface area (Å²) in [6.45, 7) is 0.442. The first-order valence-electron chi connectivity index (χ1n) is 4.63. The van der Waals surface area contributed by atoms with Crippen LogP contribution in [0.3, 0.4) is 0 Å². The van der Waals surface area contributed by atoms with Crippen LogP contribution in [0.5, 0.6) is 0 Å². The first-order valence-corrected chi connectivity index (χ1v) is 4.63. The van der Waals surface area contributed by atoms with E-state index in [1.54, 1.807) is 4.90 Å². The van der Waals surface area contributed by atoms with Crippen molar-refractivity contribution in [1.29, 1.82) is 0 Å². The SMILES string of the molecule is C#CCC(=O)N(CCO)C1CCC1. The van der Waals surface area contributed by atoms with Crippen LogP contribution in [0.25, 0.3) is 0 Å². The second-order valence-corrected chi connectivity index (χ2v) is 3.28. The van der Waals surface area contributed by atoms with Gasteiger partial charge in [-0.05, 0) is 19.3 Å². The van der Waals surface area contributed by atoms with Crippen molar-refractivity contribution in [1.82, 2.24) is 4.90 Å². The minimum atomic E-state index is -0.0266. The highest BCUT2D eigenvalue weighted by molar-refractivity contribution is 5.79. The third kappa shape index (κ3) is 2.46. The Bertz CT molecular complexity index is 215. The summed E-state index contributed by atoms with van der Waals surface area (Å²) in [5.74, 6) is 2.31. The average molecular weight is 181 g/mol. The number of rotatable bonds is 4. The summed E-state index contributed by atoms with van der Waals surface area (Å²) in [5.41, 5.74) is 0. The van der Waals surface area contributed by atoms with Crippen LogP contribution in [0.1, 0.15) is 25.7 Å². The van der Waals surface area contributed by atoms with Gasteiger partial charge in [-0.15, -0.1) is 6.42 Å². The van der Waals surface area contributed by atoms with E-state index in [4.69, 9.17) is 11.5 Å². The Kier molecular flexibility index (Phi) is 3.78. The minimum Gasteiger partial charge on any atom is -0.395 e. The molecular formula is C10H15NO2. The minimum absolute atomic E-state index is 0.0206. The molecule has 0 unspecified atom stereocenters. The van der Waals surface area contributed by atoms with Crippen LogP contribution in [-0.2, 0) is 4.79 Å². The van der Waals surface area contributed by atoms with E-state index in [-0.39, 0.29) is 18.9 Å². The quantitative estimate of drug-likeness (QED) is 0.637. The van der Waals surface area contributed by atoms with E-state index >= 15 is 0 Å². The van der Waals surface area contributed by atoms with Crippen molar-refractivity contribution in [3.63, 3.8) is 0 Å². The lowest BCUT2D eigenvalue weighted by Gasteiger charge is -2.37. The molecule has 72 valence electrons. The molecule has 0 heterocycles. The van der Waals surface area contributed by atoms with Gasteiger partial charge in [-0.1, -0.05) is 5.92 Å². The van der Waals surface area contributed by atoms with Crippen LogP contribution in [0, 0.1) is 12.3 Å². The number of terminal acetylenes is 1. The van der Waals surface area contributed by atoms with Crippen molar-refractivity contribution < 1.29 is 9.90 Å². The Morgan fingerprint density at radius 3 is 2.69 bits per heavy atom. The Morgan fingerprint density at radius 1 is 1.62 bits per heavy atom. The van der Waals surface area contributed by atoms with E-state index in [0.29, 0.717) is 12.6 Å². The Hall–Kier alpha value is -1.01. The predicted octanol–water partition coefficient (Wildman–Crippen LogP) is 0.383. The lowest BCUT2D eigenvalue weighted by atomic mass is 9.91. The van der Waals surface area contributed by atoms with Crippen LogP contribution in [0.4, 0.5) is 0 Å². The highest BCUT2D eigenvalue weighted by Crippen LogP contribution is 2.24. The molecule has 1 aliphatic carbocycles. The molecule has 0 radical (unpaired) electrons. The second kappa shape index (κ2) is 4.88. The van der Waals surface area contributed by atoms with E-state index in [0.717, 1.165) is 12.8 Å². The summed E-state index contributed by atoms with van der Waals surface area (Å²) in [5, 5.41) is 8.78. The van der Waals surface area contributed by atoms with Crippen molar-refractivity contribution in [2.45, 2.75) is 31.7 Å². The van der Waals surface area contributed by atoms with Crippen LogP contribution >= 0.6 is 0 Å². The molecule has 1 fully saturated rings. The number of carbonyl (C=O) groups excluding carboxylic acids is 1. The lowest BCUT2D eigenvalue weighted by molar-refractivity contribution is -0.134. The van der Waals surface area contributed by atoms with E-state index in [1.165, 1.54) is 6.42 Å². The van der Waals surface area contributed by atoms with E-state index < -0.39 is 0 Å². The number of aliphatic hydroxyl groups is 1. The highest BCUT2D eigenvalue weighted by atomic mass is 16.3. The standard InChI is InChI=1S/C10H15NO2/c1-2-4-10(13)11(7-8-12)9-5-3-6-9/h1,9,12H,3-8H2. The van der Waals surface area contributed by atoms with Crippen LogP contribution in [-0.4, -0.2) is 35.1 Å². The van der Waals surface area contributed by atoms with Gasteiger partial charge in [0.25, 0.3) is 0 Å². The fourth-order valence-electron chi connectivity index (χ4n) is 1.51. The molecular weight excluding hydrogens is 166 g/mol. The van der Waals surface area contributed by atoms with E-state index in [2.05, 4.69) is 5.92 Å². The zero-order valence-electron chi connectivity index (χ0n) is 7.70. The molecule has 1 aliphatic rings. The molecule has 0 aliphatic heterocycles. The van der Waals surface area contributed by atoms with E-state index in [9.17, 15) is 4.79 Å². The summed E-state index contributed by atoms with van der Waals surface area (Å²) < 4.78 is 0. The molecule has 1 rings (SSSR count). The van der Waals surface area contributed by atoms with E-state index in [1.807, 2.05) is 0 Å². The third-order valence-corrected chi connectivity index (χ3v) is 2.43. The zero-order chi connectivity index (χ0) is 9.68. The van der Waals surface area contributed by atoms with Gasteiger partial charge in [-0.25, -0.2) is 0 Å². The monoisotopic (exact) mass is 181 g/mol. The molecule has 3 heteroatoms. The first-order chi connectivity index (χ1) is 6.29. The van der Waals surface area contributed by atoms with Gasteiger partial charge < -0.3 is 10.0 Å². The van der Waals surface area contributed by atoms with Crippen molar-refractivity contribution in [3.05, 3.63) is 0 Å². The molecule has 0 atom stereocenters. The maximum atomic E-state index is 11.4. The number of hydrogen-bond donors (Lipinski definition) is 1. The van der Waals surface area contributed by atoms with Crippen LogP contribution in [0.15, 0.2) is 0 Å². The van der Waals surface area contributed by atoms with Crippen LogP contribution in [0.2, 0.25) is 0 Å². The maximum absolute atomic E-state index is 11.4. The van der Waals surface area contributed by atoms with Crippen molar-refractivity contribution in [3.8, 4) is 12.3 Å². The number of nitrogens with zero attached hydrogens (tertiary/aromatic N) is 1. The molecule has 1 saturated carbocycles. The Balaban J connectivity index is 2.45. The second-order valence-electron chi connectivity index (χ2n) is 3.28. The summed E-state index contributed by atoms with van der Waals surface area (Å²) >= 11 is 0. The maximum Gasteiger partial charge on any atom is 0.234 e. The number of hydrogen-bond acceptors (Lipinski definition) is 2. The average Bonchev–Trinajstić information content (AvgIpc) is 2.01. The molecule has 0 saturated heterocycles. The topological polar surface area (TPSA) is 40.5 Å². The fraction of sp³-hybridized carbons (Fsp3) is 0.700. The first kappa shape index (κ1) is 10.1. The number of aliphatic hydroxyl groups excluding tert-OH is 1. The van der Waals surface area contributed by atoms with Gasteiger partial charge in [0.2, 0.25) is 5.91 Å². The van der Waals surface area contributed by atoms with Crippen LogP contribution < -0.4 is 0 Å². The normalized spacial score (nSPS) is 16.0. The van der Waals surface area contributed by atoms with Crippen molar-refractivity contribution >= 4 is 5.91 Å². The Labute approximate surface area is 78.7 Å². The molecule has 3 nitrogen and oxygen atoms in total. The highest BCUT2D eigenvalue weighted by Gasteiger charge is 2.27. The molecule has 0 aromatic heterocycles. The van der Waals surface area contributed by atoms with Gasteiger partial charge in [0.15, 0.2) is 0 Å². The molecule has 0 spiro atoms. The summed E-state index contributed by atoms with van der Waals surface area (Å²) in [4.78, 5) is 13.2. The molecule has 0 bridgehead atoms. The summed E-state index contributed by atoms with van der Waals surface area (Å²) in [6, 6.07) is 0.327. The molecule has 1 N–H and O–H groups in total. The zero-order valence-corrected chi connectivity index (χ0v) is 7.70. The molecule has 13 heavy (non-hydrogen) atoms. The fourth-order valence-corrected chi connectivity index (χ4v) is 1.51. The predicted molar refractivity (Wildman–Crippen MR) is 49.9 cm³/mol.